The monoisotopic (exact) mass is 609 g/mol. The van der Waals surface area contributed by atoms with E-state index in [0.29, 0.717) is 62.0 Å². The van der Waals surface area contributed by atoms with E-state index in [-0.39, 0.29) is 21.8 Å². The van der Waals surface area contributed by atoms with Crippen molar-refractivity contribution >= 4 is 44.2 Å². The molecule has 1 aliphatic heterocycles. The van der Waals surface area contributed by atoms with Gasteiger partial charge < -0.3 is 19.9 Å². The average molecular weight is 610 g/mol. The van der Waals surface area contributed by atoms with Gasteiger partial charge in [-0.15, -0.1) is 0 Å². The molecule has 0 saturated carbocycles. The smallest absolute Gasteiger partial charge is 0.341 e. The first kappa shape index (κ1) is 29.9. The van der Waals surface area contributed by atoms with Crippen LogP contribution in [0.25, 0.3) is 10.9 Å². The zero-order chi connectivity index (χ0) is 30.9. The number of sulfonamides is 1. The summed E-state index contributed by atoms with van der Waals surface area (Å²) in [6.45, 7) is 8.63. The number of benzene rings is 2. The minimum atomic E-state index is -3.86. The van der Waals surface area contributed by atoms with Gasteiger partial charge in [-0.1, -0.05) is 0 Å². The lowest BCUT2D eigenvalue weighted by Gasteiger charge is -2.36. The number of pyridine rings is 1. The van der Waals surface area contributed by atoms with Crippen LogP contribution in [0, 0.1) is 19.7 Å². The Kier molecular flexibility index (Phi) is 8.33. The molecule has 0 radical (unpaired) electrons. The fraction of sp³-hybridized carbons (Fsp3) is 0.310. The minimum absolute atomic E-state index is 0.0226. The highest BCUT2D eigenvalue weighted by Gasteiger charge is 2.23. The van der Waals surface area contributed by atoms with Crippen molar-refractivity contribution in [1.82, 2.24) is 19.4 Å². The van der Waals surface area contributed by atoms with Crippen molar-refractivity contribution in [2.45, 2.75) is 32.2 Å². The molecular formula is C29H32FN7O5S. The van der Waals surface area contributed by atoms with Gasteiger partial charge in [0, 0.05) is 61.4 Å². The van der Waals surface area contributed by atoms with E-state index in [1.807, 2.05) is 11.8 Å². The third-order valence-corrected chi connectivity index (χ3v) is 8.66. The maximum Gasteiger partial charge on any atom is 0.341 e. The maximum atomic E-state index is 15.2. The molecular weight excluding hydrogens is 577 g/mol. The maximum absolute atomic E-state index is 15.2. The molecule has 1 saturated heterocycles. The van der Waals surface area contributed by atoms with Gasteiger partial charge >= 0.3 is 5.97 Å². The van der Waals surface area contributed by atoms with Crippen LogP contribution in [0.4, 0.5) is 21.7 Å². The zero-order valence-electron chi connectivity index (χ0n) is 24.0. The molecule has 0 atom stereocenters. The van der Waals surface area contributed by atoms with Crippen LogP contribution in [-0.2, 0) is 16.6 Å². The van der Waals surface area contributed by atoms with Crippen LogP contribution in [0.5, 0.6) is 0 Å². The lowest BCUT2D eigenvalue weighted by atomic mass is 10.1. The Hall–Kier alpha value is -4.56. The largest absolute Gasteiger partial charge is 0.477 e. The first-order chi connectivity index (χ1) is 20.4. The first-order valence-electron chi connectivity index (χ1n) is 13.7. The number of hydrogen-bond donors (Lipinski definition) is 3. The quantitative estimate of drug-likeness (QED) is 0.258. The number of aromatic nitrogens is 3. The number of halogens is 1. The van der Waals surface area contributed by atoms with Crippen LogP contribution in [0.3, 0.4) is 0 Å². The molecule has 14 heteroatoms. The van der Waals surface area contributed by atoms with Crippen molar-refractivity contribution < 1.29 is 22.7 Å². The third-order valence-electron chi connectivity index (χ3n) is 7.31. The van der Waals surface area contributed by atoms with Crippen molar-refractivity contribution in [2.24, 2.45) is 0 Å². The van der Waals surface area contributed by atoms with E-state index in [1.54, 1.807) is 42.7 Å². The molecule has 0 unspecified atom stereocenters. The molecule has 2 aromatic carbocycles. The van der Waals surface area contributed by atoms with Crippen LogP contribution in [0.2, 0.25) is 0 Å². The Morgan fingerprint density at radius 1 is 1.02 bits per heavy atom. The summed E-state index contributed by atoms with van der Waals surface area (Å²) in [5.41, 5.74) is 1.82. The van der Waals surface area contributed by atoms with E-state index in [2.05, 4.69) is 24.9 Å². The van der Waals surface area contributed by atoms with E-state index in [4.69, 9.17) is 0 Å². The third kappa shape index (κ3) is 6.44. The minimum Gasteiger partial charge on any atom is -0.477 e. The van der Waals surface area contributed by atoms with Crippen molar-refractivity contribution in [1.29, 1.82) is 0 Å². The fourth-order valence-corrected chi connectivity index (χ4v) is 6.05. The number of carboxylic acids is 1. The van der Waals surface area contributed by atoms with Gasteiger partial charge in [0.2, 0.25) is 11.4 Å². The number of anilines is 3. The second-order valence-electron chi connectivity index (χ2n) is 10.3. The molecule has 226 valence electrons. The van der Waals surface area contributed by atoms with Crippen LogP contribution >= 0.6 is 0 Å². The van der Waals surface area contributed by atoms with E-state index < -0.39 is 27.2 Å². The van der Waals surface area contributed by atoms with Crippen LogP contribution in [0.15, 0.2) is 58.4 Å². The number of aryl methyl sites for hydroxylation is 3. The topological polar surface area (TPSA) is 150 Å². The van der Waals surface area contributed by atoms with Crippen molar-refractivity contribution in [2.75, 3.05) is 47.8 Å². The summed E-state index contributed by atoms with van der Waals surface area (Å²) in [5, 5.41) is 12.7. The molecule has 4 aromatic rings. The number of nitrogens with one attached hydrogen (secondary N) is 2. The molecule has 0 bridgehead atoms. The van der Waals surface area contributed by atoms with Crippen molar-refractivity contribution in [3.63, 3.8) is 0 Å². The van der Waals surface area contributed by atoms with Crippen LogP contribution < -0.4 is 20.4 Å². The molecule has 3 N–H and O–H groups in total. The predicted molar refractivity (Wildman–Crippen MR) is 162 cm³/mol. The molecule has 3 heterocycles. The lowest BCUT2D eigenvalue weighted by Crippen LogP contribution is -2.48. The second kappa shape index (κ2) is 12.0. The van der Waals surface area contributed by atoms with E-state index in [0.717, 1.165) is 11.8 Å². The van der Waals surface area contributed by atoms with E-state index >= 15 is 4.39 Å². The van der Waals surface area contributed by atoms with Gasteiger partial charge in [0.25, 0.3) is 10.0 Å². The molecule has 43 heavy (non-hydrogen) atoms. The van der Waals surface area contributed by atoms with E-state index in [1.165, 1.54) is 18.3 Å². The number of aromatic carboxylic acids is 1. The number of carbonyl (C=O) groups is 1. The van der Waals surface area contributed by atoms with Gasteiger partial charge in [-0.25, -0.2) is 32.3 Å². The standard InChI is InChI=1S/C29H32FN7O5S/c1-4-36-16-23(28(39)40)27(38)22-14-24(30)26(15-25(22)36)37-11-9-35(10-12-37)17-31-20-5-7-21(8-6-20)43(41,42)34-29-32-18(2)13-19(3)33-29/h5-8,13-16,31H,4,9-12,17H2,1-3H3,(H,39,40)(H,32,33,34). The first-order valence-corrected chi connectivity index (χ1v) is 15.2. The lowest BCUT2D eigenvalue weighted by molar-refractivity contribution is 0.0694. The summed E-state index contributed by atoms with van der Waals surface area (Å²) in [6, 6.07) is 10.9. The van der Waals surface area contributed by atoms with E-state index in [9.17, 15) is 23.1 Å². The summed E-state index contributed by atoms with van der Waals surface area (Å²) in [5.74, 6) is -1.89. The molecule has 1 aliphatic rings. The number of nitrogens with zero attached hydrogens (tertiary/aromatic N) is 5. The van der Waals surface area contributed by atoms with Gasteiger partial charge in [0.05, 0.1) is 22.8 Å². The second-order valence-corrected chi connectivity index (χ2v) is 12.0. The summed E-state index contributed by atoms with van der Waals surface area (Å²) in [4.78, 5) is 36.5. The summed E-state index contributed by atoms with van der Waals surface area (Å²) in [6.07, 6.45) is 1.30. The molecule has 0 amide bonds. The Bertz CT molecular complexity index is 1830. The van der Waals surface area contributed by atoms with Gasteiger partial charge in [-0.05, 0) is 63.2 Å². The Balaban J connectivity index is 1.20. The van der Waals surface area contributed by atoms with Gasteiger partial charge in [0.1, 0.15) is 11.4 Å². The number of piperazine rings is 1. The van der Waals surface area contributed by atoms with Gasteiger partial charge in [-0.3, -0.25) is 9.69 Å². The highest BCUT2D eigenvalue weighted by molar-refractivity contribution is 7.92. The Labute approximate surface area is 247 Å². The fourth-order valence-electron chi connectivity index (χ4n) is 5.11. The normalized spacial score (nSPS) is 14.2. The Morgan fingerprint density at radius 2 is 1.67 bits per heavy atom. The highest BCUT2D eigenvalue weighted by Crippen LogP contribution is 2.26. The molecule has 12 nitrogen and oxygen atoms in total. The molecule has 0 spiro atoms. The average Bonchev–Trinajstić information content (AvgIpc) is 2.96. The van der Waals surface area contributed by atoms with Gasteiger partial charge in [-0.2, -0.15) is 0 Å². The summed E-state index contributed by atoms with van der Waals surface area (Å²) >= 11 is 0. The number of carboxylic acid groups (broad SMARTS) is 1. The Morgan fingerprint density at radius 3 is 2.28 bits per heavy atom. The zero-order valence-corrected chi connectivity index (χ0v) is 24.8. The summed E-state index contributed by atoms with van der Waals surface area (Å²) in [7, 11) is -3.86. The molecule has 0 aliphatic carbocycles. The predicted octanol–water partition coefficient (Wildman–Crippen LogP) is 3.26. The SMILES string of the molecule is CCn1cc(C(=O)O)c(=O)c2cc(F)c(N3CCN(CNc4ccc(S(=O)(=O)Nc5nc(C)cc(C)n5)cc4)CC3)cc21. The van der Waals surface area contributed by atoms with Crippen LogP contribution in [0.1, 0.15) is 28.7 Å². The van der Waals surface area contributed by atoms with Crippen LogP contribution in [-0.4, -0.2) is 71.8 Å². The van der Waals surface area contributed by atoms with Gasteiger partial charge in [0.15, 0.2) is 0 Å². The van der Waals surface area contributed by atoms with Crippen molar-refractivity contribution in [3.05, 3.63) is 81.7 Å². The number of fused-ring (bicyclic) bond motifs is 1. The van der Waals surface area contributed by atoms with Crippen molar-refractivity contribution in [3.8, 4) is 0 Å². The number of rotatable bonds is 9. The highest BCUT2D eigenvalue weighted by atomic mass is 32.2. The number of hydrogen-bond acceptors (Lipinski definition) is 9. The molecule has 5 rings (SSSR count). The molecule has 1 fully saturated rings. The summed E-state index contributed by atoms with van der Waals surface area (Å²) < 4.78 is 44.8. The molecule has 2 aromatic heterocycles.